The SMILES string of the molecule is O=C(CSc1nnc(-c2cccc([N+](=O)[O-])c2)n1-c1ccccc1)Nc1ccc([N+](=O)[O-])cc1. The fraction of sp³-hybridized carbons (Fsp3) is 0.0455. The van der Waals surface area contributed by atoms with Gasteiger partial charge in [0.25, 0.3) is 11.4 Å². The second-order valence-electron chi connectivity index (χ2n) is 6.93. The molecule has 12 heteroatoms. The molecule has 4 aromatic rings. The summed E-state index contributed by atoms with van der Waals surface area (Å²) in [4.78, 5) is 33.4. The molecule has 0 fully saturated rings. The van der Waals surface area contributed by atoms with E-state index in [0.717, 1.165) is 17.4 Å². The molecule has 0 saturated carbocycles. The predicted molar refractivity (Wildman–Crippen MR) is 126 cm³/mol. The standard InChI is InChI=1S/C22H16N6O5S/c29-20(23-16-9-11-18(12-10-16)27(30)31)14-34-22-25-24-21(26(22)17-6-2-1-3-7-17)15-5-4-8-19(13-15)28(32)33/h1-13H,14H2,(H,23,29). The number of nitrogens with zero attached hydrogens (tertiary/aromatic N) is 5. The van der Waals surface area contributed by atoms with Gasteiger partial charge < -0.3 is 5.32 Å². The number of carbonyl (C=O) groups is 1. The van der Waals surface area contributed by atoms with E-state index in [9.17, 15) is 25.0 Å². The zero-order chi connectivity index (χ0) is 24.1. The van der Waals surface area contributed by atoms with Gasteiger partial charge in [-0.05, 0) is 24.3 Å². The third-order valence-electron chi connectivity index (χ3n) is 4.66. The number of para-hydroxylation sites is 1. The molecule has 1 aromatic heterocycles. The largest absolute Gasteiger partial charge is 0.325 e. The molecular weight excluding hydrogens is 460 g/mol. The number of carbonyl (C=O) groups excluding carboxylic acids is 1. The van der Waals surface area contributed by atoms with Gasteiger partial charge in [-0.1, -0.05) is 42.1 Å². The quantitative estimate of drug-likeness (QED) is 0.222. The first kappa shape index (κ1) is 22.6. The average Bonchev–Trinajstić information content (AvgIpc) is 3.28. The first-order valence-electron chi connectivity index (χ1n) is 9.85. The highest BCUT2D eigenvalue weighted by Gasteiger charge is 2.19. The Balaban J connectivity index is 1.57. The van der Waals surface area contributed by atoms with Crippen molar-refractivity contribution in [2.45, 2.75) is 5.16 Å². The number of thioether (sulfide) groups is 1. The molecule has 11 nitrogen and oxygen atoms in total. The van der Waals surface area contributed by atoms with Crippen molar-refractivity contribution in [1.82, 2.24) is 14.8 Å². The summed E-state index contributed by atoms with van der Waals surface area (Å²) in [5, 5.41) is 33.5. The van der Waals surface area contributed by atoms with Crippen LogP contribution < -0.4 is 5.32 Å². The Bertz CT molecular complexity index is 1360. The first-order chi connectivity index (χ1) is 16.4. The highest BCUT2D eigenvalue weighted by atomic mass is 32.2. The van der Waals surface area contributed by atoms with E-state index in [-0.39, 0.29) is 23.0 Å². The maximum Gasteiger partial charge on any atom is 0.270 e. The zero-order valence-electron chi connectivity index (χ0n) is 17.4. The summed E-state index contributed by atoms with van der Waals surface area (Å²) in [7, 11) is 0. The van der Waals surface area contributed by atoms with Crippen LogP contribution in [0.5, 0.6) is 0 Å². The number of hydrogen-bond acceptors (Lipinski definition) is 8. The Morgan fingerprint density at radius 1 is 0.882 bits per heavy atom. The molecule has 4 rings (SSSR count). The van der Waals surface area contributed by atoms with Crippen LogP contribution in [0.4, 0.5) is 17.1 Å². The van der Waals surface area contributed by atoms with Gasteiger partial charge in [-0.2, -0.15) is 0 Å². The fourth-order valence-electron chi connectivity index (χ4n) is 3.11. The lowest BCUT2D eigenvalue weighted by atomic mass is 10.2. The Morgan fingerprint density at radius 3 is 2.26 bits per heavy atom. The van der Waals surface area contributed by atoms with E-state index in [1.165, 1.54) is 36.4 Å². The lowest BCUT2D eigenvalue weighted by Gasteiger charge is -2.10. The molecule has 3 aromatic carbocycles. The number of nitro groups is 2. The molecule has 0 unspecified atom stereocenters. The Hall–Kier alpha value is -4.58. The number of anilines is 1. The number of rotatable bonds is 8. The van der Waals surface area contributed by atoms with E-state index in [0.29, 0.717) is 22.2 Å². The second-order valence-corrected chi connectivity index (χ2v) is 7.87. The number of nitro benzene ring substituents is 2. The molecule has 0 aliphatic rings. The maximum absolute atomic E-state index is 12.5. The minimum atomic E-state index is -0.517. The molecule has 0 saturated heterocycles. The predicted octanol–water partition coefficient (Wildman–Crippen LogP) is 4.48. The van der Waals surface area contributed by atoms with Gasteiger partial charge in [-0.25, -0.2) is 0 Å². The van der Waals surface area contributed by atoms with Crippen LogP contribution in [0.25, 0.3) is 17.1 Å². The monoisotopic (exact) mass is 476 g/mol. The van der Waals surface area contributed by atoms with Crippen LogP contribution in [0.1, 0.15) is 0 Å². The van der Waals surface area contributed by atoms with Gasteiger partial charge in [0.15, 0.2) is 11.0 Å². The first-order valence-corrected chi connectivity index (χ1v) is 10.8. The summed E-state index contributed by atoms with van der Waals surface area (Å²) >= 11 is 1.14. The normalized spacial score (nSPS) is 10.6. The van der Waals surface area contributed by atoms with Gasteiger partial charge in [0.05, 0.1) is 15.6 Å². The lowest BCUT2D eigenvalue weighted by Crippen LogP contribution is -2.14. The van der Waals surface area contributed by atoms with Crippen molar-refractivity contribution in [3.05, 3.63) is 99.1 Å². The molecule has 0 atom stereocenters. The van der Waals surface area contributed by atoms with Crippen LogP contribution in [0.3, 0.4) is 0 Å². The van der Waals surface area contributed by atoms with E-state index in [1.54, 1.807) is 16.7 Å². The van der Waals surface area contributed by atoms with Crippen molar-refractivity contribution in [1.29, 1.82) is 0 Å². The summed E-state index contributed by atoms with van der Waals surface area (Å²) in [6, 6.07) is 20.8. The van der Waals surface area contributed by atoms with E-state index in [4.69, 9.17) is 0 Å². The molecule has 170 valence electrons. The van der Waals surface area contributed by atoms with Gasteiger partial charge in [0.2, 0.25) is 5.91 Å². The topological polar surface area (TPSA) is 146 Å². The van der Waals surface area contributed by atoms with E-state index in [2.05, 4.69) is 15.5 Å². The number of benzene rings is 3. The van der Waals surface area contributed by atoms with Gasteiger partial charge >= 0.3 is 0 Å². The Morgan fingerprint density at radius 2 is 1.59 bits per heavy atom. The van der Waals surface area contributed by atoms with Crippen molar-refractivity contribution < 1.29 is 14.6 Å². The maximum atomic E-state index is 12.5. The van der Waals surface area contributed by atoms with Crippen LogP contribution in [-0.2, 0) is 4.79 Å². The number of nitrogens with one attached hydrogen (secondary N) is 1. The van der Waals surface area contributed by atoms with E-state index < -0.39 is 9.85 Å². The third kappa shape index (κ3) is 5.07. The van der Waals surface area contributed by atoms with Gasteiger partial charge in [-0.3, -0.25) is 29.6 Å². The Labute approximate surface area is 196 Å². The molecule has 0 aliphatic carbocycles. The third-order valence-corrected chi connectivity index (χ3v) is 5.59. The summed E-state index contributed by atoms with van der Waals surface area (Å²) in [6.45, 7) is 0. The molecule has 34 heavy (non-hydrogen) atoms. The number of amides is 1. The van der Waals surface area contributed by atoms with Crippen LogP contribution in [0.2, 0.25) is 0 Å². The molecule has 0 radical (unpaired) electrons. The molecule has 1 heterocycles. The summed E-state index contributed by atoms with van der Waals surface area (Å²) in [5.74, 6) is 0.0585. The van der Waals surface area contributed by atoms with Gasteiger partial charge in [0.1, 0.15) is 0 Å². The van der Waals surface area contributed by atoms with Crippen LogP contribution in [-0.4, -0.2) is 36.3 Å². The lowest BCUT2D eigenvalue weighted by molar-refractivity contribution is -0.385. The van der Waals surface area contributed by atoms with Crippen LogP contribution in [0.15, 0.2) is 84.0 Å². The van der Waals surface area contributed by atoms with E-state index in [1.807, 2.05) is 30.3 Å². The van der Waals surface area contributed by atoms with Crippen molar-refractivity contribution in [3.63, 3.8) is 0 Å². The molecule has 0 bridgehead atoms. The van der Waals surface area contributed by atoms with Crippen molar-refractivity contribution in [3.8, 4) is 17.1 Å². The van der Waals surface area contributed by atoms with Crippen LogP contribution >= 0.6 is 11.8 Å². The number of aromatic nitrogens is 3. The van der Waals surface area contributed by atoms with Gasteiger partial charge in [0, 0.05) is 41.2 Å². The zero-order valence-corrected chi connectivity index (χ0v) is 18.2. The summed E-state index contributed by atoms with van der Waals surface area (Å²) in [6.07, 6.45) is 0. The number of hydrogen-bond donors (Lipinski definition) is 1. The molecule has 0 spiro atoms. The highest BCUT2D eigenvalue weighted by Crippen LogP contribution is 2.29. The van der Waals surface area contributed by atoms with Crippen LogP contribution in [0, 0.1) is 20.2 Å². The minimum absolute atomic E-state index is 0.00308. The molecule has 0 aliphatic heterocycles. The summed E-state index contributed by atoms with van der Waals surface area (Å²) < 4.78 is 1.73. The van der Waals surface area contributed by atoms with E-state index >= 15 is 0 Å². The second kappa shape index (κ2) is 9.92. The van der Waals surface area contributed by atoms with Crippen molar-refractivity contribution in [2.75, 3.05) is 11.1 Å². The fourth-order valence-corrected chi connectivity index (χ4v) is 3.86. The number of non-ortho nitro benzene ring substituents is 2. The van der Waals surface area contributed by atoms with Gasteiger partial charge in [-0.15, -0.1) is 10.2 Å². The van der Waals surface area contributed by atoms with Crippen molar-refractivity contribution >= 4 is 34.7 Å². The smallest absolute Gasteiger partial charge is 0.270 e. The molecular formula is C22H16N6O5S. The minimum Gasteiger partial charge on any atom is -0.325 e. The summed E-state index contributed by atoms with van der Waals surface area (Å²) in [5.41, 5.74) is 1.52. The Kier molecular flexibility index (Phi) is 6.59. The van der Waals surface area contributed by atoms with Crippen molar-refractivity contribution in [2.24, 2.45) is 0 Å². The average molecular weight is 476 g/mol. The molecule has 1 N–H and O–H groups in total. The highest BCUT2D eigenvalue weighted by molar-refractivity contribution is 7.99. The molecule has 1 amide bonds.